The van der Waals surface area contributed by atoms with Crippen LogP contribution < -0.4 is 5.32 Å². The van der Waals surface area contributed by atoms with Gasteiger partial charge in [0.1, 0.15) is 12.6 Å². The van der Waals surface area contributed by atoms with Gasteiger partial charge in [-0.25, -0.2) is 9.59 Å². The van der Waals surface area contributed by atoms with Gasteiger partial charge in [-0.05, 0) is 24.8 Å². The molecular formula is C15H16N2O4. The third-order valence-corrected chi connectivity index (χ3v) is 3.49. The monoisotopic (exact) mass is 288 g/mol. The highest BCUT2D eigenvalue weighted by Gasteiger charge is 2.46. The quantitative estimate of drug-likeness (QED) is 0.834. The van der Waals surface area contributed by atoms with E-state index in [4.69, 9.17) is 15.1 Å². The standard InChI is InChI=1S/C15H16N2O4/c16-10-15(6-7-15)8-12(13(18)19)17-14(20)21-9-11-4-2-1-3-5-11/h1-5,12H,6-9H2,(H,17,20)(H,18,19). The lowest BCUT2D eigenvalue weighted by molar-refractivity contribution is -0.139. The summed E-state index contributed by atoms with van der Waals surface area (Å²) in [4.78, 5) is 22.8. The number of carbonyl (C=O) groups excluding carboxylic acids is 1. The minimum atomic E-state index is -1.16. The number of hydrogen-bond donors (Lipinski definition) is 2. The van der Waals surface area contributed by atoms with Crippen LogP contribution in [0.25, 0.3) is 0 Å². The minimum Gasteiger partial charge on any atom is -0.480 e. The van der Waals surface area contributed by atoms with Crippen LogP contribution in [-0.2, 0) is 16.1 Å². The zero-order valence-corrected chi connectivity index (χ0v) is 11.4. The number of nitrogens with zero attached hydrogens (tertiary/aromatic N) is 1. The fourth-order valence-corrected chi connectivity index (χ4v) is 2.01. The number of rotatable bonds is 6. The molecule has 2 N–H and O–H groups in total. The molecule has 0 saturated heterocycles. The summed E-state index contributed by atoms with van der Waals surface area (Å²) in [6.45, 7) is 0.0718. The molecule has 6 heteroatoms. The zero-order valence-electron chi connectivity index (χ0n) is 11.4. The van der Waals surface area contributed by atoms with E-state index in [1.165, 1.54) is 0 Å². The van der Waals surface area contributed by atoms with Crippen molar-refractivity contribution in [3.05, 3.63) is 35.9 Å². The molecule has 1 aromatic carbocycles. The maximum atomic E-state index is 11.6. The summed E-state index contributed by atoms with van der Waals surface area (Å²) in [6, 6.07) is 10.1. The zero-order chi connectivity index (χ0) is 15.3. The topological polar surface area (TPSA) is 99.4 Å². The van der Waals surface area contributed by atoms with Gasteiger partial charge >= 0.3 is 12.1 Å². The van der Waals surface area contributed by atoms with E-state index in [1.807, 2.05) is 18.2 Å². The average molecular weight is 288 g/mol. The molecular weight excluding hydrogens is 272 g/mol. The Bertz CT molecular complexity index is 561. The van der Waals surface area contributed by atoms with Gasteiger partial charge in [-0.2, -0.15) is 5.26 Å². The fraction of sp³-hybridized carbons (Fsp3) is 0.400. The second kappa shape index (κ2) is 6.27. The Labute approximate surface area is 122 Å². The first-order chi connectivity index (χ1) is 10.0. The minimum absolute atomic E-state index is 0.0718. The summed E-state index contributed by atoms with van der Waals surface area (Å²) in [5, 5.41) is 20.4. The predicted molar refractivity (Wildman–Crippen MR) is 73.1 cm³/mol. The molecule has 0 heterocycles. The molecule has 1 aliphatic carbocycles. The Morgan fingerprint density at radius 2 is 2.05 bits per heavy atom. The van der Waals surface area contributed by atoms with Gasteiger partial charge in [-0.1, -0.05) is 30.3 Å². The van der Waals surface area contributed by atoms with Gasteiger partial charge in [0.25, 0.3) is 0 Å². The Kier molecular flexibility index (Phi) is 4.43. The first-order valence-corrected chi connectivity index (χ1v) is 6.66. The largest absolute Gasteiger partial charge is 0.480 e. The number of amides is 1. The number of nitrogens with one attached hydrogen (secondary N) is 1. The van der Waals surface area contributed by atoms with Crippen LogP contribution in [0.3, 0.4) is 0 Å². The molecule has 0 aromatic heterocycles. The molecule has 2 rings (SSSR count). The Morgan fingerprint density at radius 3 is 2.57 bits per heavy atom. The Hall–Kier alpha value is -2.55. The van der Waals surface area contributed by atoms with Crippen LogP contribution in [0.1, 0.15) is 24.8 Å². The van der Waals surface area contributed by atoms with E-state index in [1.54, 1.807) is 12.1 Å². The van der Waals surface area contributed by atoms with Crippen molar-refractivity contribution in [1.29, 1.82) is 5.26 Å². The van der Waals surface area contributed by atoms with Gasteiger partial charge in [0, 0.05) is 0 Å². The molecule has 1 unspecified atom stereocenters. The molecule has 0 bridgehead atoms. The number of carboxylic acid groups (broad SMARTS) is 1. The van der Waals surface area contributed by atoms with Crippen LogP contribution in [0.5, 0.6) is 0 Å². The number of carboxylic acids is 1. The summed E-state index contributed by atoms with van der Waals surface area (Å²) < 4.78 is 4.98. The van der Waals surface area contributed by atoms with Crippen molar-refractivity contribution in [2.24, 2.45) is 5.41 Å². The average Bonchev–Trinajstić information content (AvgIpc) is 3.26. The lowest BCUT2D eigenvalue weighted by atomic mass is 9.99. The molecule has 0 aliphatic heterocycles. The van der Waals surface area contributed by atoms with Crippen LogP contribution in [0, 0.1) is 16.7 Å². The van der Waals surface area contributed by atoms with E-state index in [0.717, 1.165) is 5.56 Å². The van der Waals surface area contributed by atoms with Gasteiger partial charge in [0.15, 0.2) is 0 Å². The molecule has 1 atom stereocenters. The molecule has 110 valence electrons. The van der Waals surface area contributed by atoms with Crippen LogP contribution in [0.15, 0.2) is 30.3 Å². The maximum Gasteiger partial charge on any atom is 0.408 e. The van der Waals surface area contributed by atoms with Crippen molar-refractivity contribution in [2.75, 3.05) is 0 Å². The van der Waals surface area contributed by atoms with E-state index in [-0.39, 0.29) is 13.0 Å². The molecule has 0 spiro atoms. The number of benzene rings is 1. The Balaban J connectivity index is 1.84. The van der Waals surface area contributed by atoms with Crippen molar-refractivity contribution in [2.45, 2.75) is 31.9 Å². The lowest BCUT2D eigenvalue weighted by Crippen LogP contribution is -2.42. The van der Waals surface area contributed by atoms with Gasteiger partial charge in [0.05, 0.1) is 11.5 Å². The lowest BCUT2D eigenvalue weighted by Gasteiger charge is -2.16. The number of carbonyl (C=O) groups is 2. The number of alkyl carbamates (subject to hydrolysis) is 1. The van der Waals surface area contributed by atoms with Crippen molar-refractivity contribution < 1.29 is 19.4 Å². The van der Waals surface area contributed by atoms with Gasteiger partial charge < -0.3 is 15.2 Å². The highest BCUT2D eigenvalue weighted by Crippen LogP contribution is 2.48. The fourth-order valence-electron chi connectivity index (χ4n) is 2.01. The third kappa shape index (κ3) is 4.21. The first-order valence-electron chi connectivity index (χ1n) is 6.66. The van der Waals surface area contributed by atoms with Crippen LogP contribution in [-0.4, -0.2) is 23.2 Å². The second-order valence-corrected chi connectivity index (χ2v) is 5.19. The van der Waals surface area contributed by atoms with E-state index in [9.17, 15) is 9.59 Å². The van der Waals surface area contributed by atoms with E-state index >= 15 is 0 Å². The van der Waals surface area contributed by atoms with Crippen molar-refractivity contribution in [3.8, 4) is 6.07 Å². The molecule has 1 aliphatic rings. The third-order valence-electron chi connectivity index (χ3n) is 3.49. The number of nitriles is 1. The molecule has 1 aromatic rings. The normalized spacial score (nSPS) is 16.3. The van der Waals surface area contributed by atoms with Crippen LogP contribution in [0.2, 0.25) is 0 Å². The summed E-state index contributed by atoms with van der Waals surface area (Å²) >= 11 is 0. The SMILES string of the molecule is N#CC1(CC(NC(=O)OCc2ccccc2)C(=O)O)CC1. The molecule has 1 saturated carbocycles. The molecule has 1 amide bonds. The summed E-state index contributed by atoms with van der Waals surface area (Å²) in [5.41, 5.74) is 0.214. The Morgan fingerprint density at radius 1 is 1.38 bits per heavy atom. The smallest absolute Gasteiger partial charge is 0.408 e. The van der Waals surface area contributed by atoms with Gasteiger partial charge in [-0.15, -0.1) is 0 Å². The summed E-state index contributed by atoms with van der Waals surface area (Å²) in [7, 11) is 0. The van der Waals surface area contributed by atoms with Crippen LogP contribution in [0.4, 0.5) is 4.79 Å². The summed E-state index contributed by atoms with van der Waals surface area (Å²) in [6.07, 6.45) is 0.668. The van der Waals surface area contributed by atoms with Crippen LogP contribution >= 0.6 is 0 Å². The van der Waals surface area contributed by atoms with Gasteiger partial charge in [0.2, 0.25) is 0 Å². The van der Waals surface area contributed by atoms with E-state index < -0.39 is 23.5 Å². The second-order valence-electron chi connectivity index (χ2n) is 5.19. The number of aliphatic carboxylic acids is 1. The summed E-state index contributed by atoms with van der Waals surface area (Å²) in [5.74, 6) is -1.16. The van der Waals surface area contributed by atoms with Crippen molar-refractivity contribution >= 4 is 12.1 Å². The van der Waals surface area contributed by atoms with Crippen molar-refractivity contribution in [1.82, 2.24) is 5.32 Å². The van der Waals surface area contributed by atoms with E-state index in [2.05, 4.69) is 11.4 Å². The molecule has 1 fully saturated rings. The highest BCUT2D eigenvalue weighted by atomic mass is 16.5. The van der Waals surface area contributed by atoms with Gasteiger partial charge in [-0.3, -0.25) is 0 Å². The first kappa shape index (κ1) is 14.9. The highest BCUT2D eigenvalue weighted by molar-refractivity contribution is 5.80. The number of ether oxygens (including phenoxy) is 1. The maximum absolute atomic E-state index is 11.6. The van der Waals surface area contributed by atoms with Crippen molar-refractivity contribution in [3.63, 3.8) is 0 Å². The number of hydrogen-bond acceptors (Lipinski definition) is 4. The molecule has 6 nitrogen and oxygen atoms in total. The van der Waals surface area contributed by atoms with E-state index in [0.29, 0.717) is 12.8 Å². The molecule has 21 heavy (non-hydrogen) atoms. The molecule has 0 radical (unpaired) electrons. The predicted octanol–water partition coefficient (Wildman–Crippen LogP) is 2.06.